The summed E-state index contributed by atoms with van der Waals surface area (Å²) in [5.74, 6) is 0.942. The molecule has 1 aromatic carbocycles. The Morgan fingerprint density at radius 3 is 2.76 bits per heavy atom. The number of piperazine rings is 1. The lowest BCUT2D eigenvalue weighted by molar-refractivity contribution is 0.0959. The van der Waals surface area contributed by atoms with Crippen LogP contribution < -0.4 is 4.90 Å². The number of aliphatic hydroxyl groups excluding tert-OH is 1. The quantitative estimate of drug-likeness (QED) is 0.927. The van der Waals surface area contributed by atoms with E-state index in [-0.39, 0.29) is 6.10 Å². The van der Waals surface area contributed by atoms with Gasteiger partial charge in [0.15, 0.2) is 0 Å². The van der Waals surface area contributed by atoms with Crippen molar-refractivity contribution in [1.29, 1.82) is 0 Å². The first kappa shape index (κ1) is 14.2. The van der Waals surface area contributed by atoms with E-state index in [4.69, 9.17) is 4.98 Å². The molecule has 0 aliphatic carbocycles. The number of β-amino-alcohol motifs (C(OH)–C–C–N with tert-alkyl or cyclic N) is 1. The van der Waals surface area contributed by atoms with Gasteiger partial charge in [0.25, 0.3) is 0 Å². The number of aliphatic hydroxyl groups is 1. The fraction of sp³-hybridized carbons (Fsp3) is 0.500. The van der Waals surface area contributed by atoms with Gasteiger partial charge in [-0.25, -0.2) is 4.98 Å². The number of hydrogen-bond donors (Lipinski definition) is 1. The summed E-state index contributed by atoms with van der Waals surface area (Å²) in [6.07, 6.45) is 1.58. The van der Waals surface area contributed by atoms with Gasteiger partial charge in [-0.05, 0) is 26.0 Å². The molecular weight excluding hydrogens is 264 g/mol. The Hall–Kier alpha value is -1.72. The summed E-state index contributed by atoms with van der Waals surface area (Å²) in [6, 6.07) is 8.35. The van der Waals surface area contributed by atoms with E-state index in [1.165, 1.54) is 0 Å². The molecule has 1 saturated heterocycles. The van der Waals surface area contributed by atoms with Gasteiger partial charge in [0.2, 0.25) is 0 Å². The average molecular weight is 286 g/mol. The zero-order valence-corrected chi connectivity index (χ0v) is 12.6. The molecule has 3 rings (SSSR count). The summed E-state index contributed by atoms with van der Waals surface area (Å²) in [5, 5.41) is 9.55. The predicted molar refractivity (Wildman–Crippen MR) is 84.5 cm³/mol. The van der Waals surface area contributed by atoms with E-state index in [2.05, 4.69) is 21.7 Å². The zero-order chi connectivity index (χ0) is 14.8. The van der Waals surface area contributed by atoms with Crippen LogP contribution in [0.25, 0.3) is 11.0 Å². The molecule has 0 spiro atoms. The summed E-state index contributed by atoms with van der Waals surface area (Å²) in [5.41, 5.74) is 1.87. The molecule has 21 heavy (non-hydrogen) atoms. The molecule has 5 nitrogen and oxygen atoms in total. The maximum atomic E-state index is 9.55. The van der Waals surface area contributed by atoms with Crippen LogP contribution in [0.1, 0.15) is 13.8 Å². The van der Waals surface area contributed by atoms with Gasteiger partial charge in [-0.3, -0.25) is 9.88 Å². The van der Waals surface area contributed by atoms with Crippen LogP contribution in [0.3, 0.4) is 0 Å². The van der Waals surface area contributed by atoms with Crippen molar-refractivity contribution in [3.8, 4) is 0 Å². The molecule has 1 aliphatic rings. The van der Waals surface area contributed by atoms with E-state index < -0.39 is 0 Å². The second-order valence-corrected chi connectivity index (χ2v) is 5.86. The van der Waals surface area contributed by atoms with Gasteiger partial charge in [0.05, 0.1) is 23.3 Å². The molecule has 0 bridgehead atoms. The Labute approximate surface area is 125 Å². The van der Waals surface area contributed by atoms with Crippen LogP contribution in [0.15, 0.2) is 30.5 Å². The summed E-state index contributed by atoms with van der Waals surface area (Å²) in [7, 11) is 0. The molecule has 0 amide bonds. The monoisotopic (exact) mass is 286 g/mol. The number of para-hydroxylation sites is 2. The first-order valence-electron chi connectivity index (χ1n) is 7.52. The SMILES string of the molecule is CC(O)CN1CCN(c2cnc3ccccc3n2)CC1C. The van der Waals surface area contributed by atoms with Crippen molar-refractivity contribution >= 4 is 16.9 Å². The Morgan fingerprint density at radius 2 is 2.05 bits per heavy atom. The average Bonchev–Trinajstić information content (AvgIpc) is 2.48. The Bertz CT molecular complexity index is 616. The molecule has 2 atom stereocenters. The predicted octanol–water partition coefficient (Wildman–Crippen LogP) is 1.52. The molecule has 0 radical (unpaired) electrons. The lowest BCUT2D eigenvalue weighted by Gasteiger charge is -2.40. The number of rotatable bonds is 3. The van der Waals surface area contributed by atoms with Crippen LogP contribution in [-0.4, -0.2) is 58.3 Å². The van der Waals surface area contributed by atoms with Crippen molar-refractivity contribution in [2.75, 3.05) is 31.1 Å². The summed E-state index contributed by atoms with van der Waals surface area (Å²) in [4.78, 5) is 13.8. The number of benzene rings is 1. The van der Waals surface area contributed by atoms with Gasteiger partial charge in [-0.15, -0.1) is 0 Å². The van der Waals surface area contributed by atoms with Crippen molar-refractivity contribution in [3.63, 3.8) is 0 Å². The minimum atomic E-state index is -0.278. The van der Waals surface area contributed by atoms with Crippen LogP contribution in [0, 0.1) is 0 Å². The fourth-order valence-corrected chi connectivity index (χ4v) is 2.91. The molecule has 1 fully saturated rings. The Kier molecular flexibility index (Phi) is 4.03. The third kappa shape index (κ3) is 3.14. The van der Waals surface area contributed by atoms with Crippen molar-refractivity contribution < 1.29 is 5.11 Å². The van der Waals surface area contributed by atoms with Crippen LogP contribution in [0.4, 0.5) is 5.82 Å². The molecule has 2 unspecified atom stereocenters. The second-order valence-electron chi connectivity index (χ2n) is 5.86. The molecular formula is C16H22N4O. The van der Waals surface area contributed by atoms with Crippen LogP contribution in [-0.2, 0) is 0 Å². The number of aromatic nitrogens is 2. The highest BCUT2D eigenvalue weighted by molar-refractivity contribution is 5.75. The normalized spacial score (nSPS) is 21.7. The Balaban J connectivity index is 1.75. The van der Waals surface area contributed by atoms with E-state index >= 15 is 0 Å². The van der Waals surface area contributed by atoms with Gasteiger partial charge in [0, 0.05) is 32.2 Å². The van der Waals surface area contributed by atoms with Crippen molar-refractivity contribution in [2.24, 2.45) is 0 Å². The first-order chi connectivity index (χ1) is 10.1. The molecule has 1 aliphatic heterocycles. The van der Waals surface area contributed by atoms with Crippen LogP contribution in [0.5, 0.6) is 0 Å². The summed E-state index contributed by atoms with van der Waals surface area (Å²) in [6.45, 7) is 7.56. The molecule has 2 aromatic rings. The van der Waals surface area contributed by atoms with E-state index in [1.807, 2.05) is 37.4 Å². The number of anilines is 1. The van der Waals surface area contributed by atoms with Gasteiger partial charge >= 0.3 is 0 Å². The first-order valence-corrected chi connectivity index (χ1v) is 7.52. The Morgan fingerprint density at radius 1 is 1.29 bits per heavy atom. The largest absolute Gasteiger partial charge is 0.392 e. The van der Waals surface area contributed by atoms with Gasteiger partial charge in [-0.2, -0.15) is 0 Å². The lowest BCUT2D eigenvalue weighted by atomic mass is 10.1. The number of fused-ring (bicyclic) bond motifs is 1. The van der Waals surface area contributed by atoms with Gasteiger partial charge in [-0.1, -0.05) is 12.1 Å². The highest BCUT2D eigenvalue weighted by Crippen LogP contribution is 2.19. The zero-order valence-electron chi connectivity index (χ0n) is 12.6. The maximum absolute atomic E-state index is 9.55. The minimum absolute atomic E-state index is 0.278. The third-order valence-corrected chi connectivity index (χ3v) is 4.02. The molecule has 112 valence electrons. The summed E-state index contributed by atoms with van der Waals surface area (Å²) >= 11 is 0. The summed E-state index contributed by atoms with van der Waals surface area (Å²) < 4.78 is 0. The highest BCUT2D eigenvalue weighted by atomic mass is 16.3. The van der Waals surface area contributed by atoms with Crippen molar-refractivity contribution in [2.45, 2.75) is 26.0 Å². The molecule has 0 saturated carbocycles. The fourth-order valence-electron chi connectivity index (χ4n) is 2.91. The number of nitrogens with zero attached hydrogens (tertiary/aromatic N) is 4. The van der Waals surface area contributed by atoms with Crippen molar-refractivity contribution in [1.82, 2.24) is 14.9 Å². The van der Waals surface area contributed by atoms with E-state index in [0.717, 1.165) is 43.0 Å². The molecule has 5 heteroatoms. The topological polar surface area (TPSA) is 52.5 Å². The third-order valence-electron chi connectivity index (χ3n) is 4.02. The minimum Gasteiger partial charge on any atom is -0.392 e. The molecule has 1 aromatic heterocycles. The maximum Gasteiger partial charge on any atom is 0.147 e. The standard InChI is InChI=1S/C16H22N4O/c1-12-10-20(8-7-19(12)11-13(2)21)16-9-17-14-5-3-4-6-15(14)18-16/h3-6,9,12-13,21H,7-8,10-11H2,1-2H3. The smallest absolute Gasteiger partial charge is 0.147 e. The molecule has 2 heterocycles. The van der Waals surface area contributed by atoms with E-state index in [9.17, 15) is 5.11 Å². The van der Waals surface area contributed by atoms with E-state index in [1.54, 1.807) is 0 Å². The van der Waals surface area contributed by atoms with E-state index in [0.29, 0.717) is 6.04 Å². The van der Waals surface area contributed by atoms with Crippen LogP contribution >= 0.6 is 0 Å². The molecule has 1 N–H and O–H groups in total. The van der Waals surface area contributed by atoms with Gasteiger partial charge < -0.3 is 10.0 Å². The lowest BCUT2D eigenvalue weighted by Crippen LogP contribution is -2.53. The van der Waals surface area contributed by atoms with Gasteiger partial charge in [0.1, 0.15) is 5.82 Å². The van der Waals surface area contributed by atoms with Crippen LogP contribution in [0.2, 0.25) is 0 Å². The second kappa shape index (κ2) is 5.95. The number of hydrogen-bond acceptors (Lipinski definition) is 5. The van der Waals surface area contributed by atoms with Crippen molar-refractivity contribution in [3.05, 3.63) is 30.5 Å². The highest BCUT2D eigenvalue weighted by Gasteiger charge is 2.25.